The Balaban J connectivity index is 4.09. The molecule has 5 heteroatoms. The molecule has 0 unspecified atom stereocenters. The predicted molar refractivity (Wildman–Crippen MR) is 79.0 cm³/mol. The summed E-state index contributed by atoms with van der Waals surface area (Å²) < 4.78 is 5.66. The number of nitrogens with one attached hydrogen (secondary N) is 2. The van der Waals surface area contributed by atoms with Crippen LogP contribution < -0.4 is 10.6 Å². The van der Waals surface area contributed by atoms with Crippen LogP contribution in [0.3, 0.4) is 0 Å². The molecule has 0 spiro atoms. The van der Waals surface area contributed by atoms with E-state index in [4.69, 9.17) is 4.74 Å². The Kier molecular flexibility index (Phi) is 8.97. The lowest BCUT2D eigenvalue weighted by molar-refractivity contribution is -0.124. The van der Waals surface area contributed by atoms with Crippen molar-refractivity contribution in [2.75, 3.05) is 34.5 Å². The van der Waals surface area contributed by atoms with Crippen molar-refractivity contribution < 1.29 is 9.53 Å². The molecule has 0 bridgehead atoms. The third-order valence-electron chi connectivity index (χ3n) is 3.32. The summed E-state index contributed by atoms with van der Waals surface area (Å²) in [5.74, 6) is 0.778. The van der Waals surface area contributed by atoms with Gasteiger partial charge in [-0.05, 0) is 25.9 Å². The topological polar surface area (TPSA) is 53.6 Å². The maximum Gasteiger partial charge on any atom is 0.237 e. The maximum absolute atomic E-state index is 11.7. The highest BCUT2D eigenvalue weighted by Crippen LogP contribution is 2.07. The molecular formula is C14H31N3O2. The van der Waals surface area contributed by atoms with E-state index in [-0.39, 0.29) is 17.9 Å². The largest absolute Gasteiger partial charge is 0.365 e. The Hall–Kier alpha value is -0.650. The van der Waals surface area contributed by atoms with E-state index in [1.54, 1.807) is 7.05 Å². The van der Waals surface area contributed by atoms with Crippen LogP contribution in [0.5, 0.6) is 0 Å². The van der Waals surface area contributed by atoms with Gasteiger partial charge in [-0.3, -0.25) is 10.1 Å². The first-order valence-corrected chi connectivity index (χ1v) is 7.00. The molecule has 19 heavy (non-hydrogen) atoms. The summed E-state index contributed by atoms with van der Waals surface area (Å²) in [4.78, 5) is 13.8. The Morgan fingerprint density at radius 1 is 1.16 bits per heavy atom. The van der Waals surface area contributed by atoms with Crippen LogP contribution in [0.25, 0.3) is 0 Å². The van der Waals surface area contributed by atoms with Gasteiger partial charge >= 0.3 is 0 Å². The van der Waals surface area contributed by atoms with Crippen LogP contribution in [0.2, 0.25) is 0 Å². The number of hydrogen-bond acceptors (Lipinski definition) is 4. The number of nitrogens with zero attached hydrogens (tertiary/aromatic N) is 1. The quantitative estimate of drug-likeness (QED) is 0.484. The summed E-state index contributed by atoms with van der Waals surface area (Å²) >= 11 is 0. The molecule has 114 valence electrons. The molecule has 0 saturated heterocycles. The van der Waals surface area contributed by atoms with Crippen LogP contribution in [0.4, 0.5) is 0 Å². The fourth-order valence-electron chi connectivity index (χ4n) is 2.05. The smallest absolute Gasteiger partial charge is 0.237 e. The molecule has 0 aromatic heterocycles. The summed E-state index contributed by atoms with van der Waals surface area (Å²) in [7, 11) is 5.77. The minimum absolute atomic E-state index is 0.00613. The molecule has 0 heterocycles. The molecule has 2 atom stereocenters. The van der Waals surface area contributed by atoms with Crippen LogP contribution in [0, 0.1) is 11.8 Å². The van der Waals surface area contributed by atoms with E-state index in [0.29, 0.717) is 25.3 Å². The predicted octanol–water partition coefficient (Wildman–Crippen LogP) is 0.907. The molecular weight excluding hydrogens is 242 g/mol. The average molecular weight is 273 g/mol. The zero-order valence-electron chi connectivity index (χ0n) is 13.5. The van der Waals surface area contributed by atoms with Crippen LogP contribution in [0.1, 0.15) is 27.7 Å². The molecule has 0 aliphatic heterocycles. The van der Waals surface area contributed by atoms with Gasteiger partial charge in [0.2, 0.25) is 5.91 Å². The summed E-state index contributed by atoms with van der Waals surface area (Å²) in [6.07, 6.45) is 0. The van der Waals surface area contributed by atoms with Crippen LogP contribution in [0.15, 0.2) is 0 Å². The van der Waals surface area contributed by atoms with Crippen molar-refractivity contribution >= 4 is 5.91 Å². The van der Waals surface area contributed by atoms with E-state index in [1.807, 2.05) is 13.8 Å². The third-order valence-corrected chi connectivity index (χ3v) is 3.32. The average Bonchev–Trinajstić information content (AvgIpc) is 2.31. The van der Waals surface area contributed by atoms with Gasteiger partial charge in [-0.1, -0.05) is 27.7 Å². The number of likely N-dealkylation sites (N-methyl/N-ethyl adjacent to an activating group) is 2. The second kappa shape index (κ2) is 9.28. The van der Waals surface area contributed by atoms with Gasteiger partial charge in [-0.2, -0.15) is 0 Å². The van der Waals surface area contributed by atoms with Gasteiger partial charge in [0.15, 0.2) is 0 Å². The molecule has 1 amide bonds. The van der Waals surface area contributed by atoms with Crippen LogP contribution in [-0.2, 0) is 9.53 Å². The first kappa shape index (κ1) is 18.4. The van der Waals surface area contributed by atoms with Crippen LogP contribution >= 0.6 is 0 Å². The first-order chi connectivity index (χ1) is 8.81. The molecule has 0 aliphatic rings. The van der Waals surface area contributed by atoms with Gasteiger partial charge in [-0.25, -0.2) is 0 Å². The first-order valence-electron chi connectivity index (χ1n) is 7.00. The second-order valence-electron chi connectivity index (χ2n) is 5.83. The van der Waals surface area contributed by atoms with Crippen molar-refractivity contribution in [3.05, 3.63) is 0 Å². The molecule has 0 radical (unpaired) electrons. The van der Waals surface area contributed by atoms with E-state index in [0.717, 1.165) is 0 Å². The summed E-state index contributed by atoms with van der Waals surface area (Å²) in [6.45, 7) is 9.46. The molecule has 0 rings (SSSR count). The van der Waals surface area contributed by atoms with Crippen LogP contribution in [-0.4, -0.2) is 57.4 Å². The highest BCUT2D eigenvalue weighted by molar-refractivity contribution is 5.81. The summed E-state index contributed by atoms with van der Waals surface area (Å²) in [6, 6.07) is 0.182. The maximum atomic E-state index is 11.7. The SMILES string of the molecule is CNC(=O)[C@@H](NCOC[C@H](C(C)C)N(C)C)C(C)C. The minimum atomic E-state index is -0.207. The Morgan fingerprint density at radius 3 is 2.11 bits per heavy atom. The van der Waals surface area contributed by atoms with Crippen molar-refractivity contribution in [1.82, 2.24) is 15.5 Å². The number of carbonyl (C=O) groups is 1. The van der Waals surface area contributed by atoms with E-state index in [2.05, 4.69) is 43.5 Å². The van der Waals surface area contributed by atoms with E-state index < -0.39 is 0 Å². The van der Waals surface area contributed by atoms with Gasteiger partial charge in [0.05, 0.1) is 19.4 Å². The lowest BCUT2D eigenvalue weighted by Gasteiger charge is -2.28. The van der Waals surface area contributed by atoms with Gasteiger partial charge in [-0.15, -0.1) is 0 Å². The number of ether oxygens (including phenoxy) is 1. The van der Waals surface area contributed by atoms with Gasteiger partial charge in [0, 0.05) is 13.1 Å². The molecule has 0 fully saturated rings. The zero-order chi connectivity index (χ0) is 15.0. The van der Waals surface area contributed by atoms with Crippen molar-refractivity contribution in [3.8, 4) is 0 Å². The zero-order valence-corrected chi connectivity index (χ0v) is 13.5. The minimum Gasteiger partial charge on any atom is -0.365 e. The fourth-order valence-corrected chi connectivity index (χ4v) is 2.05. The lowest BCUT2D eigenvalue weighted by atomic mass is 10.0. The van der Waals surface area contributed by atoms with E-state index in [1.165, 1.54) is 0 Å². The molecule has 0 aromatic carbocycles. The monoisotopic (exact) mass is 273 g/mol. The fraction of sp³-hybridized carbons (Fsp3) is 0.929. The molecule has 0 aliphatic carbocycles. The molecule has 5 nitrogen and oxygen atoms in total. The van der Waals surface area contributed by atoms with Gasteiger partial charge < -0.3 is 15.0 Å². The van der Waals surface area contributed by atoms with Gasteiger partial charge in [0.25, 0.3) is 0 Å². The van der Waals surface area contributed by atoms with E-state index >= 15 is 0 Å². The van der Waals surface area contributed by atoms with Crippen molar-refractivity contribution in [1.29, 1.82) is 0 Å². The Bertz CT molecular complexity index is 247. The van der Waals surface area contributed by atoms with Crippen molar-refractivity contribution in [2.45, 2.75) is 39.8 Å². The molecule has 0 saturated carbocycles. The van der Waals surface area contributed by atoms with Crippen molar-refractivity contribution in [2.24, 2.45) is 11.8 Å². The Labute approximate surface area is 118 Å². The Morgan fingerprint density at radius 2 is 1.74 bits per heavy atom. The summed E-state index contributed by atoms with van der Waals surface area (Å²) in [5.41, 5.74) is 0. The number of carbonyl (C=O) groups excluding carboxylic acids is 1. The normalized spacial score (nSPS) is 15.1. The molecule has 0 aromatic rings. The standard InChI is InChI=1S/C14H31N3O2/c1-10(2)12(17(6)7)8-19-9-16-13(11(3)4)14(18)15-5/h10-13,16H,8-9H2,1-7H3,(H,15,18)/t12-,13+/m1/s1. The highest BCUT2D eigenvalue weighted by atomic mass is 16.5. The second-order valence-corrected chi connectivity index (χ2v) is 5.83. The lowest BCUT2D eigenvalue weighted by Crippen LogP contribution is -2.47. The highest BCUT2D eigenvalue weighted by Gasteiger charge is 2.21. The third kappa shape index (κ3) is 6.89. The number of hydrogen-bond donors (Lipinski definition) is 2. The van der Waals surface area contributed by atoms with Crippen molar-refractivity contribution in [3.63, 3.8) is 0 Å². The number of amides is 1. The van der Waals surface area contributed by atoms with E-state index in [9.17, 15) is 4.79 Å². The number of rotatable bonds is 9. The summed E-state index contributed by atoms with van der Waals surface area (Å²) in [5, 5.41) is 5.82. The van der Waals surface area contributed by atoms with Gasteiger partial charge in [0.1, 0.15) is 0 Å². The molecule has 2 N–H and O–H groups in total.